The minimum absolute atomic E-state index is 0.206. The number of ether oxygens (including phenoxy) is 1. The predicted molar refractivity (Wildman–Crippen MR) is 68.0 cm³/mol. The van der Waals surface area contributed by atoms with E-state index in [0.29, 0.717) is 12.6 Å². The Morgan fingerprint density at radius 1 is 1.61 bits per heavy atom. The van der Waals surface area contributed by atoms with Gasteiger partial charge in [0.15, 0.2) is 0 Å². The van der Waals surface area contributed by atoms with E-state index in [2.05, 4.69) is 17.2 Å². The lowest BCUT2D eigenvalue weighted by Gasteiger charge is -2.18. The molecule has 5 heteroatoms. The monoisotopic (exact) mass is 251 g/mol. The van der Waals surface area contributed by atoms with Crippen LogP contribution < -0.4 is 5.32 Å². The molecule has 1 unspecified atom stereocenters. The number of carbonyl (C=O) groups is 1. The largest absolute Gasteiger partial charge is 0.465 e. The average molecular weight is 251 g/mol. The molecule has 100 valence electrons. The molecule has 0 spiro atoms. The summed E-state index contributed by atoms with van der Waals surface area (Å²) in [5.74, 6) is -0.206. The molecule has 0 bridgehead atoms. The van der Waals surface area contributed by atoms with Crippen molar-refractivity contribution in [1.82, 2.24) is 14.9 Å². The molecule has 1 atom stereocenters. The Hall–Kier alpha value is -1.36. The van der Waals surface area contributed by atoms with Gasteiger partial charge >= 0.3 is 5.97 Å². The van der Waals surface area contributed by atoms with Gasteiger partial charge in [0, 0.05) is 12.6 Å². The van der Waals surface area contributed by atoms with E-state index in [4.69, 9.17) is 4.74 Å². The van der Waals surface area contributed by atoms with Gasteiger partial charge < -0.3 is 9.30 Å². The minimum atomic E-state index is -0.383. The van der Waals surface area contributed by atoms with Gasteiger partial charge in [-0.3, -0.25) is 5.32 Å². The quantitative estimate of drug-likeness (QED) is 0.749. The topological polar surface area (TPSA) is 56.2 Å². The van der Waals surface area contributed by atoms with Crippen molar-refractivity contribution in [3.63, 3.8) is 0 Å². The third-order valence-electron chi connectivity index (χ3n) is 3.01. The van der Waals surface area contributed by atoms with Gasteiger partial charge in [0.05, 0.1) is 24.8 Å². The maximum Gasteiger partial charge on any atom is 0.329 e. The van der Waals surface area contributed by atoms with Gasteiger partial charge in [-0.25, -0.2) is 9.78 Å². The SMILES string of the molecule is CCCn1cncc1C(NC1CC1)C(=O)OCC. The molecule has 0 amide bonds. The van der Waals surface area contributed by atoms with E-state index < -0.39 is 0 Å². The number of imidazole rings is 1. The third kappa shape index (κ3) is 3.10. The van der Waals surface area contributed by atoms with Gasteiger partial charge in [-0.1, -0.05) is 6.92 Å². The molecule has 5 nitrogen and oxygen atoms in total. The smallest absolute Gasteiger partial charge is 0.329 e. The second-order valence-corrected chi connectivity index (χ2v) is 4.64. The molecular formula is C13H21N3O2. The van der Waals surface area contributed by atoms with Crippen LogP contribution in [0.4, 0.5) is 0 Å². The van der Waals surface area contributed by atoms with E-state index in [-0.39, 0.29) is 12.0 Å². The summed E-state index contributed by atoms with van der Waals surface area (Å²) in [6, 6.07) is 0.0656. The fraction of sp³-hybridized carbons (Fsp3) is 0.692. The van der Waals surface area contributed by atoms with E-state index in [0.717, 1.165) is 31.5 Å². The van der Waals surface area contributed by atoms with Crippen LogP contribution in [0.25, 0.3) is 0 Å². The second kappa shape index (κ2) is 6.00. The van der Waals surface area contributed by atoms with Crippen LogP contribution in [0.3, 0.4) is 0 Å². The van der Waals surface area contributed by atoms with E-state index in [1.54, 1.807) is 12.5 Å². The number of aromatic nitrogens is 2. The molecule has 1 aliphatic rings. The Kier molecular flexibility index (Phi) is 4.36. The van der Waals surface area contributed by atoms with Crippen molar-refractivity contribution in [3.05, 3.63) is 18.2 Å². The Labute approximate surface area is 108 Å². The molecule has 0 aromatic carbocycles. The first kappa shape index (κ1) is 13.1. The summed E-state index contributed by atoms with van der Waals surface area (Å²) in [6.07, 6.45) is 6.82. The number of nitrogens with zero attached hydrogens (tertiary/aromatic N) is 2. The first-order valence-corrected chi connectivity index (χ1v) is 6.69. The maximum absolute atomic E-state index is 12.0. The number of esters is 1. The van der Waals surface area contributed by atoms with Crippen LogP contribution in [-0.2, 0) is 16.1 Å². The summed E-state index contributed by atoms with van der Waals surface area (Å²) >= 11 is 0. The summed E-state index contributed by atoms with van der Waals surface area (Å²) in [5, 5.41) is 3.34. The third-order valence-corrected chi connectivity index (χ3v) is 3.01. The van der Waals surface area contributed by atoms with Crippen molar-refractivity contribution >= 4 is 5.97 Å². The second-order valence-electron chi connectivity index (χ2n) is 4.64. The summed E-state index contributed by atoms with van der Waals surface area (Å²) in [7, 11) is 0. The molecule has 1 N–H and O–H groups in total. The molecule has 0 aliphatic heterocycles. The molecule has 1 aliphatic carbocycles. The van der Waals surface area contributed by atoms with Crippen molar-refractivity contribution in [2.24, 2.45) is 0 Å². The van der Waals surface area contributed by atoms with Gasteiger partial charge in [-0.05, 0) is 26.2 Å². The first-order chi connectivity index (χ1) is 8.76. The average Bonchev–Trinajstić information content (AvgIpc) is 3.06. The lowest BCUT2D eigenvalue weighted by Crippen LogP contribution is -2.33. The van der Waals surface area contributed by atoms with Crippen LogP contribution in [0.15, 0.2) is 12.5 Å². The van der Waals surface area contributed by atoms with Gasteiger partial charge in [0.2, 0.25) is 0 Å². The van der Waals surface area contributed by atoms with E-state index in [1.807, 2.05) is 11.5 Å². The van der Waals surface area contributed by atoms with Crippen LogP contribution in [0.5, 0.6) is 0 Å². The number of hydrogen-bond acceptors (Lipinski definition) is 4. The van der Waals surface area contributed by atoms with E-state index in [9.17, 15) is 4.79 Å². The molecule has 2 rings (SSSR count). The Morgan fingerprint density at radius 2 is 2.39 bits per heavy atom. The lowest BCUT2D eigenvalue weighted by atomic mass is 10.2. The Balaban J connectivity index is 2.14. The summed E-state index contributed by atoms with van der Waals surface area (Å²) < 4.78 is 7.17. The molecule has 0 saturated heterocycles. The Morgan fingerprint density at radius 3 is 3.00 bits per heavy atom. The molecule has 1 fully saturated rings. The number of aryl methyl sites for hydroxylation is 1. The number of rotatable bonds is 7. The standard InChI is InChI=1S/C13H21N3O2/c1-3-7-16-9-14-8-11(16)12(13(17)18-4-2)15-10-5-6-10/h8-10,12,15H,3-7H2,1-2H3. The fourth-order valence-corrected chi connectivity index (χ4v) is 1.98. The number of carbonyl (C=O) groups excluding carboxylic acids is 1. The van der Waals surface area contributed by atoms with E-state index in [1.165, 1.54) is 0 Å². The van der Waals surface area contributed by atoms with Crippen molar-refractivity contribution in [2.45, 2.75) is 51.7 Å². The molecule has 0 radical (unpaired) electrons. The highest BCUT2D eigenvalue weighted by Gasteiger charge is 2.32. The summed E-state index contributed by atoms with van der Waals surface area (Å²) in [5.41, 5.74) is 0.905. The van der Waals surface area contributed by atoms with Crippen molar-refractivity contribution in [2.75, 3.05) is 6.61 Å². The maximum atomic E-state index is 12.0. The van der Waals surface area contributed by atoms with Gasteiger partial charge in [-0.15, -0.1) is 0 Å². The fourth-order valence-electron chi connectivity index (χ4n) is 1.98. The molecule has 18 heavy (non-hydrogen) atoms. The predicted octanol–water partition coefficient (Wildman–Crippen LogP) is 1.65. The van der Waals surface area contributed by atoms with E-state index >= 15 is 0 Å². The van der Waals surface area contributed by atoms with Crippen molar-refractivity contribution in [1.29, 1.82) is 0 Å². The zero-order chi connectivity index (χ0) is 13.0. The zero-order valence-electron chi connectivity index (χ0n) is 11.1. The van der Waals surface area contributed by atoms with Crippen LogP contribution in [0.2, 0.25) is 0 Å². The van der Waals surface area contributed by atoms with Crippen LogP contribution >= 0.6 is 0 Å². The first-order valence-electron chi connectivity index (χ1n) is 6.69. The summed E-state index contributed by atoms with van der Waals surface area (Å²) in [4.78, 5) is 16.2. The van der Waals surface area contributed by atoms with Gasteiger partial charge in [0.25, 0.3) is 0 Å². The highest BCUT2D eigenvalue weighted by molar-refractivity contribution is 5.77. The van der Waals surface area contributed by atoms with Crippen molar-refractivity contribution in [3.8, 4) is 0 Å². The number of nitrogens with one attached hydrogen (secondary N) is 1. The molecule has 1 saturated carbocycles. The highest BCUT2D eigenvalue weighted by Crippen LogP contribution is 2.25. The van der Waals surface area contributed by atoms with Crippen LogP contribution in [0.1, 0.15) is 44.8 Å². The normalized spacial score (nSPS) is 16.6. The van der Waals surface area contributed by atoms with Crippen LogP contribution in [0, 0.1) is 0 Å². The minimum Gasteiger partial charge on any atom is -0.465 e. The highest BCUT2D eigenvalue weighted by atomic mass is 16.5. The molecular weight excluding hydrogens is 230 g/mol. The number of hydrogen-bond donors (Lipinski definition) is 1. The summed E-state index contributed by atoms with van der Waals surface area (Å²) in [6.45, 7) is 5.22. The van der Waals surface area contributed by atoms with Crippen LogP contribution in [-0.4, -0.2) is 28.2 Å². The lowest BCUT2D eigenvalue weighted by molar-refractivity contribution is -0.146. The molecule has 1 aromatic heterocycles. The van der Waals surface area contributed by atoms with Gasteiger partial charge in [0.1, 0.15) is 6.04 Å². The van der Waals surface area contributed by atoms with Crippen molar-refractivity contribution < 1.29 is 9.53 Å². The Bertz CT molecular complexity index is 399. The molecule has 1 heterocycles. The molecule has 1 aromatic rings. The van der Waals surface area contributed by atoms with Gasteiger partial charge in [-0.2, -0.15) is 0 Å². The zero-order valence-corrected chi connectivity index (χ0v) is 11.1.